The first-order chi connectivity index (χ1) is 9.00. The lowest BCUT2D eigenvalue weighted by Crippen LogP contribution is -2.28. The molecule has 9 heteroatoms. The molecule has 0 aliphatic rings. The van der Waals surface area contributed by atoms with Gasteiger partial charge < -0.3 is 10.2 Å². The number of anilines is 1. The normalized spacial score (nSPS) is 10.4. The lowest BCUT2D eigenvalue weighted by atomic mass is 10.2. The van der Waals surface area contributed by atoms with Crippen LogP contribution in [0.3, 0.4) is 0 Å². The molecule has 0 aliphatic carbocycles. The number of nitrogens with one attached hydrogen (secondary N) is 1. The molecule has 0 saturated heterocycles. The molecule has 0 bridgehead atoms. The zero-order valence-electron chi connectivity index (χ0n) is 10.3. The molecule has 0 radical (unpaired) electrons. The number of benzene rings is 1. The van der Waals surface area contributed by atoms with Crippen molar-refractivity contribution in [2.75, 3.05) is 26.0 Å². The molecule has 19 heavy (non-hydrogen) atoms. The van der Waals surface area contributed by atoms with Crippen LogP contribution < -0.4 is 5.32 Å². The van der Waals surface area contributed by atoms with Gasteiger partial charge in [0, 0.05) is 20.2 Å². The molecule has 0 fully saturated rings. The van der Waals surface area contributed by atoms with Crippen LogP contribution in [-0.4, -0.2) is 46.7 Å². The quantitative estimate of drug-likeness (QED) is 0.636. The Morgan fingerprint density at radius 2 is 2.11 bits per heavy atom. The van der Waals surface area contributed by atoms with E-state index < -0.39 is 4.92 Å². The van der Waals surface area contributed by atoms with Gasteiger partial charge in [0.1, 0.15) is 0 Å². The SMILES string of the molecule is CN(C)C(=O)CNc1ccc([N+](=O)[O-])c2nonc12. The zero-order valence-corrected chi connectivity index (χ0v) is 10.3. The van der Waals surface area contributed by atoms with Crippen molar-refractivity contribution >= 4 is 28.3 Å². The summed E-state index contributed by atoms with van der Waals surface area (Å²) in [6.07, 6.45) is 0. The summed E-state index contributed by atoms with van der Waals surface area (Å²) in [7, 11) is 3.26. The van der Waals surface area contributed by atoms with Gasteiger partial charge in [-0.1, -0.05) is 0 Å². The average Bonchev–Trinajstić information content (AvgIpc) is 2.83. The number of nitro groups is 1. The van der Waals surface area contributed by atoms with Crippen LogP contribution in [0.1, 0.15) is 0 Å². The summed E-state index contributed by atoms with van der Waals surface area (Å²) < 4.78 is 4.51. The van der Waals surface area contributed by atoms with Gasteiger partial charge >= 0.3 is 5.69 Å². The van der Waals surface area contributed by atoms with Crippen molar-refractivity contribution in [3.05, 3.63) is 22.2 Å². The molecule has 1 aromatic carbocycles. The molecule has 2 aromatic rings. The minimum absolute atomic E-state index is 0.0484. The third-order valence-electron chi connectivity index (χ3n) is 2.52. The maximum Gasteiger partial charge on any atom is 0.300 e. The highest BCUT2D eigenvalue weighted by Crippen LogP contribution is 2.28. The number of nitrogens with zero attached hydrogens (tertiary/aromatic N) is 4. The van der Waals surface area contributed by atoms with Gasteiger partial charge in [0.05, 0.1) is 17.2 Å². The number of nitro benzene ring substituents is 1. The van der Waals surface area contributed by atoms with Crippen LogP contribution in [0.15, 0.2) is 16.8 Å². The highest BCUT2D eigenvalue weighted by atomic mass is 16.6. The van der Waals surface area contributed by atoms with Crippen molar-refractivity contribution in [1.82, 2.24) is 15.2 Å². The first-order valence-electron chi connectivity index (χ1n) is 5.34. The van der Waals surface area contributed by atoms with Crippen LogP contribution in [0.2, 0.25) is 0 Å². The van der Waals surface area contributed by atoms with Crippen LogP contribution in [0.4, 0.5) is 11.4 Å². The molecular formula is C10H11N5O4. The summed E-state index contributed by atoms with van der Waals surface area (Å²) in [5.41, 5.74) is 0.533. The van der Waals surface area contributed by atoms with Crippen molar-refractivity contribution in [2.45, 2.75) is 0 Å². The highest BCUT2D eigenvalue weighted by molar-refractivity contribution is 5.94. The third-order valence-corrected chi connectivity index (χ3v) is 2.52. The summed E-state index contributed by atoms with van der Waals surface area (Å²) in [5.74, 6) is -0.136. The predicted octanol–water partition coefficient (Wildman–Crippen LogP) is 0.631. The molecule has 1 amide bonds. The minimum Gasteiger partial charge on any atom is -0.374 e. The Balaban J connectivity index is 2.30. The summed E-state index contributed by atoms with van der Waals surface area (Å²) in [4.78, 5) is 23.1. The van der Waals surface area contributed by atoms with E-state index in [4.69, 9.17) is 0 Å². The molecule has 2 rings (SSSR count). The Morgan fingerprint density at radius 3 is 2.74 bits per heavy atom. The van der Waals surface area contributed by atoms with Gasteiger partial charge in [-0.3, -0.25) is 14.9 Å². The van der Waals surface area contributed by atoms with Gasteiger partial charge in [-0.05, 0) is 16.4 Å². The average molecular weight is 265 g/mol. The molecule has 0 saturated carbocycles. The molecule has 0 aliphatic heterocycles. The van der Waals surface area contributed by atoms with Gasteiger partial charge in [-0.15, -0.1) is 0 Å². The first kappa shape index (κ1) is 12.7. The van der Waals surface area contributed by atoms with Crippen LogP contribution in [0.25, 0.3) is 11.0 Å². The Kier molecular flexibility index (Phi) is 3.27. The second-order valence-electron chi connectivity index (χ2n) is 3.99. The van der Waals surface area contributed by atoms with E-state index in [1.165, 1.54) is 17.0 Å². The number of hydrogen-bond acceptors (Lipinski definition) is 7. The topological polar surface area (TPSA) is 114 Å². The molecule has 0 atom stereocenters. The Morgan fingerprint density at radius 1 is 1.42 bits per heavy atom. The zero-order chi connectivity index (χ0) is 14.0. The van der Waals surface area contributed by atoms with Gasteiger partial charge in [0.25, 0.3) is 0 Å². The van der Waals surface area contributed by atoms with E-state index in [0.29, 0.717) is 5.69 Å². The Labute approximate surface area is 107 Å². The maximum absolute atomic E-state index is 11.5. The van der Waals surface area contributed by atoms with Crippen LogP contribution in [0.5, 0.6) is 0 Å². The van der Waals surface area contributed by atoms with Crippen molar-refractivity contribution in [3.63, 3.8) is 0 Å². The number of non-ortho nitro benzene ring substituents is 1. The number of aromatic nitrogens is 2. The Hall–Kier alpha value is -2.71. The molecule has 9 nitrogen and oxygen atoms in total. The monoisotopic (exact) mass is 265 g/mol. The summed E-state index contributed by atoms with van der Waals surface area (Å²) in [6, 6.07) is 2.75. The molecule has 0 unspecified atom stereocenters. The number of fused-ring (bicyclic) bond motifs is 1. The Bertz CT molecular complexity index is 636. The molecular weight excluding hydrogens is 254 g/mol. The second kappa shape index (κ2) is 4.88. The molecule has 1 heterocycles. The van der Waals surface area contributed by atoms with Gasteiger partial charge in [0.15, 0.2) is 5.52 Å². The van der Waals surface area contributed by atoms with E-state index in [1.807, 2.05) is 0 Å². The lowest BCUT2D eigenvalue weighted by molar-refractivity contribution is -0.383. The predicted molar refractivity (Wildman–Crippen MR) is 65.6 cm³/mol. The number of carbonyl (C=O) groups excluding carboxylic acids is 1. The standard InChI is InChI=1S/C10H11N5O4/c1-14(2)8(16)5-11-6-3-4-7(15(17)18)10-9(6)12-19-13-10/h3-4,11H,5H2,1-2H3. The van der Waals surface area contributed by atoms with E-state index in [-0.39, 0.29) is 29.2 Å². The van der Waals surface area contributed by atoms with E-state index in [2.05, 4.69) is 20.3 Å². The first-order valence-corrected chi connectivity index (χ1v) is 5.34. The summed E-state index contributed by atoms with van der Waals surface area (Å²) >= 11 is 0. The molecule has 1 aromatic heterocycles. The van der Waals surface area contributed by atoms with Crippen molar-refractivity contribution < 1.29 is 14.3 Å². The number of hydrogen-bond donors (Lipinski definition) is 1. The van der Waals surface area contributed by atoms with Crippen LogP contribution in [0, 0.1) is 10.1 Å². The third kappa shape index (κ3) is 2.44. The largest absolute Gasteiger partial charge is 0.374 e. The minimum atomic E-state index is -0.568. The lowest BCUT2D eigenvalue weighted by Gasteiger charge is -2.11. The summed E-state index contributed by atoms with van der Waals surface area (Å²) in [6.45, 7) is 0.0484. The van der Waals surface area contributed by atoms with Gasteiger partial charge in [-0.2, -0.15) is 0 Å². The fourth-order valence-electron chi connectivity index (χ4n) is 1.47. The van der Waals surface area contributed by atoms with Gasteiger partial charge in [-0.25, -0.2) is 4.63 Å². The second-order valence-corrected chi connectivity index (χ2v) is 3.99. The highest BCUT2D eigenvalue weighted by Gasteiger charge is 2.19. The number of likely N-dealkylation sites (N-methyl/N-ethyl adjacent to an activating group) is 1. The fourth-order valence-corrected chi connectivity index (χ4v) is 1.47. The van der Waals surface area contributed by atoms with Crippen LogP contribution in [-0.2, 0) is 4.79 Å². The van der Waals surface area contributed by atoms with Gasteiger partial charge in [0.2, 0.25) is 11.4 Å². The summed E-state index contributed by atoms with van der Waals surface area (Å²) in [5, 5.41) is 20.7. The van der Waals surface area contributed by atoms with E-state index in [1.54, 1.807) is 14.1 Å². The van der Waals surface area contributed by atoms with Crippen molar-refractivity contribution in [2.24, 2.45) is 0 Å². The van der Waals surface area contributed by atoms with Crippen molar-refractivity contribution in [3.8, 4) is 0 Å². The van der Waals surface area contributed by atoms with E-state index in [9.17, 15) is 14.9 Å². The maximum atomic E-state index is 11.5. The fraction of sp³-hybridized carbons (Fsp3) is 0.300. The van der Waals surface area contributed by atoms with Crippen LogP contribution >= 0.6 is 0 Å². The van der Waals surface area contributed by atoms with Crippen molar-refractivity contribution in [1.29, 1.82) is 0 Å². The molecule has 0 spiro atoms. The number of amides is 1. The number of rotatable bonds is 4. The van der Waals surface area contributed by atoms with E-state index in [0.717, 1.165) is 0 Å². The molecule has 100 valence electrons. The number of carbonyl (C=O) groups is 1. The van der Waals surface area contributed by atoms with E-state index >= 15 is 0 Å². The molecule has 1 N–H and O–H groups in total. The smallest absolute Gasteiger partial charge is 0.300 e.